The Bertz CT molecular complexity index is 700. The molecule has 2 saturated carbocycles. The molecule has 0 aliphatic heterocycles. The molecule has 0 radical (unpaired) electrons. The second-order valence-electron chi connectivity index (χ2n) is 7.07. The predicted molar refractivity (Wildman–Crippen MR) is 98.3 cm³/mol. The van der Waals surface area contributed by atoms with E-state index in [0.717, 1.165) is 19.3 Å². The summed E-state index contributed by atoms with van der Waals surface area (Å²) in [5.41, 5.74) is 0.564. The number of carbonyl (C=O) groups is 2. The SMILES string of the molecule is CCOc1cc(C(=O)N[C@H]2C[C@H](OCC)C23CCC3)ccc1OCC(=O)O. The molecular weight excluding hydrogens is 350 g/mol. The standard InChI is InChI=1S/C20H27NO6/c1-3-25-15-10-13(6-7-14(15)27-12-18(22)23)19(24)21-16-11-17(26-4-2)20(16)8-5-9-20/h6-7,10,16-17H,3-5,8-9,11-12H2,1-2H3,(H,21,24)(H,22,23)/t16-,17-/m0/s1. The molecule has 1 spiro atoms. The molecule has 0 saturated heterocycles. The number of carboxylic acid groups (broad SMARTS) is 1. The molecule has 2 aliphatic carbocycles. The van der Waals surface area contributed by atoms with Crippen molar-refractivity contribution in [1.29, 1.82) is 0 Å². The van der Waals surface area contributed by atoms with Gasteiger partial charge in [-0.3, -0.25) is 4.79 Å². The van der Waals surface area contributed by atoms with Crippen molar-refractivity contribution in [2.45, 2.75) is 51.7 Å². The average Bonchev–Trinajstić information content (AvgIpc) is 2.58. The Hall–Kier alpha value is -2.28. The van der Waals surface area contributed by atoms with Gasteiger partial charge in [0, 0.05) is 23.6 Å². The van der Waals surface area contributed by atoms with Crippen LogP contribution in [0.4, 0.5) is 0 Å². The van der Waals surface area contributed by atoms with Crippen LogP contribution in [0.3, 0.4) is 0 Å². The Balaban J connectivity index is 1.67. The van der Waals surface area contributed by atoms with Crippen LogP contribution >= 0.6 is 0 Å². The van der Waals surface area contributed by atoms with E-state index < -0.39 is 12.6 Å². The van der Waals surface area contributed by atoms with Gasteiger partial charge >= 0.3 is 5.97 Å². The molecule has 2 atom stereocenters. The molecule has 2 aliphatic rings. The third-order valence-corrected chi connectivity index (χ3v) is 5.60. The molecule has 1 amide bonds. The van der Waals surface area contributed by atoms with Crippen molar-refractivity contribution in [2.75, 3.05) is 19.8 Å². The number of carboxylic acids is 1. The van der Waals surface area contributed by atoms with Crippen LogP contribution in [0.1, 0.15) is 49.9 Å². The summed E-state index contributed by atoms with van der Waals surface area (Å²) in [6, 6.07) is 4.93. The number of hydrogen-bond donors (Lipinski definition) is 2. The average molecular weight is 377 g/mol. The topological polar surface area (TPSA) is 94.1 Å². The minimum atomic E-state index is -1.07. The van der Waals surface area contributed by atoms with Gasteiger partial charge < -0.3 is 24.6 Å². The lowest BCUT2D eigenvalue weighted by molar-refractivity contribution is -0.169. The summed E-state index contributed by atoms with van der Waals surface area (Å²) in [6.07, 6.45) is 4.45. The number of aliphatic carboxylic acids is 1. The van der Waals surface area contributed by atoms with Gasteiger partial charge in [-0.05, 0) is 51.3 Å². The van der Waals surface area contributed by atoms with Gasteiger partial charge in [-0.15, -0.1) is 0 Å². The first kappa shape index (κ1) is 19.5. The molecule has 0 aromatic heterocycles. The number of amides is 1. The maximum absolute atomic E-state index is 12.7. The third-order valence-electron chi connectivity index (χ3n) is 5.60. The number of ether oxygens (including phenoxy) is 3. The summed E-state index contributed by atoms with van der Waals surface area (Å²) < 4.78 is 16.6. The molecule has 0 bridgehead atoms. The van der Waals surface area contributed by atoms with E-state index in [9.17, 15) is 9.59 Å². The van der Waals surface area contributed by atoms with E-state index in [1.165, 1.54) is 6.42 Å². The highest BCUT2D eigenvalue weighted by Crippen LogP contribution is 2.57. The van der Waals surface area contributed by atoms with Gasteiger partial charge in [0.05, 0.1) is 12.7 Å². The van der Waals surface area contributed by atoms with Gasteiger partial charge in [0.2, 0.25) is 0 Å². The Kier molecular flexibility index (Phi) is 5.89. The fraction of sp³-hybridized carbons (Fsp3) is 0.600. The van der Waals surface area contributed by atoms with E-state index in [2.05, 4.69) is 5.32 Å². The van der Waals surface area contributed by atoms with Gasteiger partial charge in [-0.25, -0.2) is 4.79 Å². The second-order valence-corrected chi connectivity index (χ2v) is 7.07. The van der Waals surface area contributed by atoms with Crippen molar-refractivity contribution >= 4 is 11.9 Å². The monoisotopic (exact) mass is 377 g/mol. The Morgan fingerprint density at radius 3 is 2.56 bits per heavy atom. The molecule has 148 valence electrons. The van der Waals surface area contributed by atoms with Gasteiger partial charge in [-0.2, -0.15) is 0 Å². The molecule has 3 rings (SSSR count). The van der Waals surface area contributed by atoms with Gasteiger partial charge in [-0.1, -0.05) is 6.42 Å². The minimum absolute atomic E-state index is 0.0962. The fourth-order valence-electron chi connectivity index (χ4n) is 4.06. The van der Waals surface area contributed by atoms with Crippen molar-refractivity contribution in [3.8, 4) is 11.5 Å². The van der Waals surface area contributed by atoms with Gasteiger partial charge in [0.15, 0.2) is 18.1 Å². The van der Waals surface area contributed by atoms with E-state index in [4.69, 9.17) is 19.3 Å². The summed E-state index contributed by atoms with van der Waals surface area (Å²) in [7, 11) is 0. The Morgan fingerprint density at radius 2 is 1.96 bits per heavy atom. The molecular formula is C20H27NO6. The zero-order chi connectivity index (χ0) is 19.4. The van der Waals surface area contributed by atoms with Crippen molar-refractivity contribution in [1.82, 2.24) is 5.32 Å². The van der Waals surface area contributed by atoms with E-state index >= 15 is 0 Å². The highest BCUT2D eigenvalue weighted by molar-refractivity contribution is 5.95. The van der Waals surface area contributed by atoms with Crippen molar-refractivity contribution in [3.05, 3.63) is 23.8 Å². The molecule has 2 N–H and O–H groups in total. The molecule has 0 heterocycles. The first-order chi connectivity index (χ1) is 13.0. The lowest BCUT2D eigenvalue weighted by Crippen LogP contribution is -2.67. The molecule has 7 nitrogen and oxygen atoms in total. The highest BCUT2D eigenvalue weighted by atomic mass is 16.5. The zero-order valence-electron chi connectivity index (χ0n) is 15.8. The van der Waals surface area contributed by atoms with E-state index in [0.29, 0.717) is 30.3 Å². The molecule has 0 unspecified atom stereocenters. The second kappa shape index (κ2) is 8.17. The van der Waals surface area contributed by atoms with E-state index in [-0.39, 0.29) is 23.5 Å². The Morgan fingerprint density at radius 1 is 1.19 bits per heavy atom. The maximum atomic E-state index is 12.7. The summed E-state index contributed by atoms with van der Waals surface area (Å²) >= 11 is 0. The van der Waals surface area contributed by atoms with Crippen LogP contribution in [0.15, 0.2) is 18.2 Å². The van der Waals surface area contributed by atoms with Crippen LogP contribution in [0.25, 0.3) is 0 Å². The van der Waals surface area contributed by atoms with E-state index in [1.807, 2.05) is 13.8 Å². The lowest BCUT2D eigenvalue weighted by Gasteiger charge is -2.61. The zero-order valence-corrected chi connectivity index (χ0v) is 15.8. The Labute approximate surface area is 159 Å². The van der Waals surface area contributed by atoms with Crippen molar-refractivity contribution in [3.63, 3.8) is 0 Å². The van der Waals surface area contributed by atoms with Gasteiger partial charge in [0.25, 0.3) is 5.91 Å². The van der Waals surface area contributed by atoms with Crippen LogP contribution in [-0.4, -0.2) is 48.9 Å². The van der Waals surface area contributed by atoms with Crippen molar-refractivity contribution in [2.24, 2.45) is 5.41 Å². The predicted octanol–water partition coefficient (Wildman–Crippen LogP) is 2.63. The quantitative estimate of drug-likeness (QED) is 0.687. The molecule has 7 heteroatoms. The number of nitrogens with one attached hydrogen (secondary N) is 1. The third kappa shape index (κ3) is 3.88. The van der Waals surface area contributed by atoms with E-state index in [1.54, 1.807) is 18.2 Å². The molecule has 1 aromatic carbocycles. The first-order valence-corrected chi connectivity index (χ1v) is 9.54. The fourth-order valence-corrected chi connectivity index (χ4v) is 4.06. The number of hydrogen-bond acceptors (Lipinski definition) is 5. The van der Waals surface area contributed by atoms with Gasteiger partial charge in [0.1, 0.15) is 0 Å². The largest absolute Gasteiger partial charge is 0.490 e. The van der Waals surface area contributed by atoms with Crippen LogP contribution in [0.2, 0.25) is 0 Å². The van der Waals surface area contributed by atoms with Crippen molar-refractivity contribution < 1.29 is 28.9 Å². The normalized spacial score (nSPS) is 22.4. The highest BCUT2D eigenvalue weighted by Gasteiger charge is 2.59. The molecule has 2 fully saturated rings. The first-order valence-electron chi connectivity index (χ1n) is 9.54. The van der Waals surface area contributed by atoms with Crippen LogP contribution in [-0.2, 0) is 9.53 Å². The number of carbonyl (C=O) groups excluding carboxylic acids is 1. The summed E-state index contributed by atoms with van der Waals surface area (Å²) in [6.45, 7) is 4.44. The van der Waals surface area contributed by atoms with Crippen LogP contribution in [0, 0.1) is 5.41 Å². The summed E-state index contributed by atoms with van der Waals surface area (Å²) in [4.78, 5) is 23.4. The molecule has 1 aromatic rings. The number of benzene rings is 1. The van der Waals surface area contributed by atoms with Crippen LogP contribution < -0.4 is 14.8 Å². The molecule has 27 heavy (non-hydrogen) atoms. The minimum Gasteiger partial charge on any atom is -0.490 e. The number of rotatable bonds is 9. The maximum Gasteiger partial charge on any atom is 0.341 e. The summed E-state index contributed by atoms with van der Waals surface area (Å²) in [5, 5.41) is 11.9. The smallest absolute Gasteiger partial charge is 0.341 e. The lowest BCUT2D eigenvalue weighted by atomic mass is 9.51. The van der Waals surface area contributed by atoms with Crippen LogP contribution in [0.5, 0.6) is 11.5 Å². The summed E-state index contributed by atoms with van der Waals surface area (Å²) in [5.74, 6) is -0.553.